The zero-order valence-corrected chi connectivity index (χ0v) is 14.3. The summed E-state index contributed by atoms with van der Waals surface area (Å²) in [7, 11) is 0. The lowest BCUT2D eigenvalue weighted by molar-refractivity contribution is 0.0886. The number of nitrogens with zero attached hydrogens (tertiary/aromatic N) is 3. The number of hydrazine groups is 1. The Morgan fingerprint density at radius 1 is 0.962 bits per heavy atom. The molecule has 6 heteroatoms. The van der Waals surface area contributed by atoms with Crippen LogP contribution in [0, 0.1) is 0 Å². The van der Waals surface area contributed by atoms with E-state index < -0.39 is 5.91 Å². The number of amides is 2. The first kappa shape index (κ1) is 17.3. The molecule has 1 aromatic carbocycles. The zero-order chi connectivity index (χ0) is 18.4. The van der Waals surface area contributed by atoms with Crippen molar-refractivity contribution >= 4 is 17.6 Å². The molecule has 0 saturated carbocycles. The van der Waals surface area contributed by atoms with Crippen molar-refractivity contribution in [1.29, 1.82) is 0 Å². The first-order chi connectivity index (χ1) is 12.7. The number of hydrogen-bond donors (Lipinski definition) is 1. The van der Waals surface area contributed by atoms with E-state index in [2.05, 4.69) is 15.4 Å². The lowest BCUT2D eigenvalue weighted by Crippen LogP contribution is -2.47. The van der Waals surface area contributed by atoms with Gasteiger partial charge in [-0.3, -0.25) is 20.0 Å². The van der Waals surface area contributed by atoms with Crippen LogP contribution in [0.15, 0.2) is 73.2 Å². The van der Waals surface area contributed by atoms with E-state index in [9.17, 15) is 9.59 Å². The van der Waals surface area contributed by atoms with Crippen LogP contribution in [0.1, 0.15) is 33.2 Å². The van der Waals surface area contributed by atoms with Crippen LogP contribution in [0.3, 0.4) is 0 Å². The van der Waals surface area contributed by atoms with E-state index in [1.165, 1.54) is 6.20 Å². The molecule has 0 fully saturated rings. The van der Waals surface area contributed by atoms with Crippen LogP contribution in [0.25, 0.3) is 0 Å². The number of hydrogen-bond acceptors (Lipinski definition) is 4. The number of carbonyl (C=O) groups excluding carboxylic acids is 2. The summed E-state index contributed by atoms with van der Waals surface area (Å²) in [6.07, 6.45) is 5.54. The number of rotatable bonds is 4. The molecule has 6 nitrogen and oxygen atoms in total. The van der Waals surface area contributed by atoms with Gasteiger partial charge in [-0.2, -0.15) is 5.01 Å². The lowest BCUT2D eigenvalue weighted by atomic mass is 10.2. The summed E-state index contributed by atoms with van der Waals surface area (Å²) >= 11 is 0. The van der Waals surface area contributed by atoms with Gasteiger partial charge in [0, 0.05) is 24.2 Å². The first-order valence-electron chi connectivity index (χ1n) is 8.24. The third-order valence-corrected chi connectivity index (χ3v) is 3.81. The summed E-state index contributed by atoms with van der Waals surface area (Å²) in [6.45, 7) is 2.02. The molecule has 0 aliphatic rings. The van der Waals surface area contributed by atoms with Gasteiger partial charge in [0.2, 0.25) is 0 Å². The van der Waals surface area contributed by atoms with Gasteiger partial charge in [0.15, 0.2) is 5.82 Å². The largest absolute Gasteiger partial charge is 0.278 e. The summed E-state index contributed by atoms with van der Waals surface area (Å²) in [5.74, 6) is -0.475. The van der Waals surface area contributed by atoms with Gasteiger partial charge in [0.25, 0.3) is 11.8 Å². The molecule has 3 rings (SSSR count). The molecule has 0 aliphatic carbocycles. The van der Waals surface area contributed by atoms with Crippen LogP contribution in [0.4, 0.5) is 5.82 Å². The van der Waals surface area contributed by atoms with Gasteiger partial charge in [0.1, 0.15) is 0 Å². The van der Waals surface area contributed by atoms with E-state index in [1.807, 2.05) is 19.1 Å². The molecule has 0 aliphatic heterocycles. The third-order valence-electron chi connectivity index (χ3n) is 3.81. The predicted molar refractivity (Wildman–Crippen MR) is 98.6 cm³/mol. The Kier molecular flexibility index (Phi) is 5.34. The number of benzene rings is 1. The molecule has 0 unspecified atom stereocenters. The molecule has 2 aromatic heterocycles. The Bertz CT molecular complexity index is 881. The number of aromatic nitrogens is 2. The molecular formula is C20H18N4O2. The fourth-order valence-electron chi connectivity index (χ4n) is 2.34. The summed E-state index contributed by atoms with van der Waals surface area (Å²) in [6, 6.07) is 15.6. The molecule has 1 N–H and O–H groups in total. The minimum atomic E-state index is -0.441. The van der Waals surface area contributed by atoms with Crippen LogP contribution in [0.2, 0.25) is 0 Å². The SMILES string of the molecule is CCc1ccc(N(NC(=O)c2cccnc2)C(=O)c2ccccc2)nc1. The van der Waals surface area contributed by atoms with Gasteiger partial charge in [-0.05, 0) is 42.3 Å². The quantitative estimate of drug-likeness (QED) is 0.737. The molecule has 2 amide bonds. The number of pyridine rings is 2. The number of anilines is 1. The van der Waals surface area contributed by atoms with Crippen molar-refractivity contribution in [2.45, 2.75) is 13.3 Å². The molecule has 0 saturated heterocycles. The highest BCUT2D eigenvalue weighted by Gasteiger charge is 2.22. The highest BCUT2D eigenvalue weighted by atomic mass is 16.2. The molecule has 2 heterocycles. The zero-order valence-electron chi connectivity index (χ0n) is 14.3. The Labute approximate surface area is 151 Å². The second-order valence-corrected chi connectivity index (χ2v) is 5.57. The summed E-state index contributed by atoms with van der Waals surface area (Å²) in [4.78, 5) is 33.7. The van der Waals surface area contributed by atoms with Crippen LogP contribution in [-0.4, -0.2) is 21.8 Å². The van der Waals surface area contributed by atoms with Crippen LogP contribution in [-0.2, 0) is 6.42 Å². The maximum atomic E-state index is 12.9. The topological polar surface area (TPSA) is 75.2 Å². The van der Waals surface area contributed by atoms with Crippen molar-refractivity contribution in [3.05, 3.63) is 89.9 Å². The highest BCUT2D eigenvalue weighted by Crippen LogP contribution is 2.14. The van der Waals surface area contributed by atoms with Gasteiger partial charge in [-0.25, -0.2) is 4.98 Å². The van der Waals surface area contributed by atoms with Gasteiger partial charge in [-0.1, -0.05) is 31.2 Å². The second-order valence-electron chi connectivity index (χ2n) is 5.57. The highest BCUT2D eigenvalue weighted by molar-refractivity contribution is 6.08. The van der Waals surface area contributed by atoms with E-state index in [1.54, 1.807) is 54.9 Å². The van der Waals surface area contributed by atoms with Crippen molar-refractivity contribution in [2.24, 2.45) is 0 Å². The summed E-state index contributed by atoms with van der Waals surface area (Å²) in [5, 5.41) is 1.16. The minimum absolute atomic E-state index is 0.341. The first-order valence-corrected chi connectivity index (χ1v) is 8.24. The Balaban J connectivity index is 1.92. The Hall–Kier alpha value is -3.54. The maximum absolute atomic E-state index is 12.9. The summed E-state index contributed by atoms with van der Waals surface area (Å²) < 4.78 is 0. The summed E-state index contributed by atoms with van der Waals surface area (Å²) in [5.41, 5.74) is 4.46. The smallest absolute Gasteiger partial charge is 0.267 e. The van der Waals surface area contributed by atoms with Crippen LogP contribution >= 0.6 is 0 Å². The third kappa shape index (κ3) is 3.92. The Morgan fingerprint density at radius 2 is 1.73 bits per heavy atom. The predicted octanol–water partition coefficient (Wildman–Crippen LogP) is 3.03. The van der Waals surface area contributed by atoms with E-state index in [0.29, 0.717) is 16.9 Å². The van der Waals surface area contributed by atoms with Gasteiger partial charge >= 0.3 is 0 Å². The van der Waals surface area contributed by atoms with Gasteiger partial charge in [-0.15, -0.1) is 0 Å². The number of aryl methyl sites for hydroxylation is 1. The van der Waals surface area contributed by atoms with E-state index in [4.69, 9.17) is 0 Å². The van der Waals surface area contributed by atoms with Gasteiger partial charge < -0.3 is 0 Å². The van der Waals surface area contributed by atoms with Crippen molar-refractivity contribution < 1.29 is 9.59 Å². The number of carbonyl (C=O) groups is 2. The van der Waals surface area contributed by atoms with Crippen LogP contribution in [0.5, 0.6) is 0 Å². The van der Waals surface area contributed by atoms with Crippen molar-refractivity contribution in [1.82, 2.24) is 15.4 Å². The minimum Gasteiger partial charge on any atom is -0.267 e. The molecule has 3 aromatic rings. The molecule has 0 spiro atoms. The average molecular weight is 346 g/mol. The average Bonchev–Trinajstić information content (AvgIpc) is 2.73. The van der Waals surface area contributed by atoms with E-state index >= 15 is 0 Å². The van der Waals surface area contributed by atoms with Crippen molar-refractivity contribution in [2.75, 3.05) is 5.01 Å². The molecule has 0 radical (unpaired) electrons. The molecule has 130 valence electrons. The monoisotopic (exact) mass is 346 g/mol. The molecule has 26 heavy (non-hydrogen) atoms. The van der Waals surface area contributed by atoms with E-state index in [-0.39, 0.29) is 5.91 Å². The fourth-order valence-corrected chi connectivity index (χ4v) is 2.34. The van der Waals surface area contributed by atoms with Gasteiger partial charge in [0.05, 0.1) is 5.56 Å². The normalized spacial score (nSPS) is 10.2. The second kappa shape index (κ2) is 8.02. The fraction of sp³-hybridized carbons (Fsp3) is 0.100. The van der Waals surface area contributed by atoms with E-state index in [0.717, 1.165) is 17.0 Å². The standard InChI is InChI=1S/C20H18N4O2/c1-2-15-10-11-18(22-13-15)24(20(26)16-7-4-3-5-8-16)23-19(25)17-9-6-12-21-14-17/h3-14H,2H2,1H3,(H,23,25). The van der Waals surface area contributed by atoms with Crippen LogP contribution < -0.4 is 10.4 Å². The van der Waals surface area contributed by atoms with Crippen molar-refractivity contribution in [3.8, 4) is 0 Å². The molecule has 0 atom stereocenters. The maximum Gasteiger partial charge on any atom is 0.278 e. The Morgan fingerprint density at radius 3 is 2.35 bits per heavy atom. The molecule has 0 bridgehead atoms. The van der Waals surface area contributed by atoms with Crippen molar-refractivity contribution in [3.63, 3.8) is 0 Å². The molecular weight excluding hydrogens is 328 g/mol. The number of nitrogens with one attached hydrogen (secondary N) is 1. The lowest BCUT2D eigenvalue weighted by Gasteiger charge is -2.22.